The third kappa shape index (κ3) is 2.91. The van der Waals surface area contributed by atoms with Gasteiger partial charge in [-0.15, -0.1) is 0 Å². The molecule has 0 N–H and O–H groups in total. The van der Waals surface area contributed by atoms with Gasteiger partial charge in [-0.25, -0.2) is 4.98 Å². The predicted molar refractivity (Wildman–Crippen MR) is 94.7 cm³/mol. The quantitative estimate of drug-likeness (QED) is 0.707. The van der Waals surface area contributed by atoms with Gasteiger partial charge in [-0.2, -0.15) is 5.26 Å². The first-order chi connectivity index (χ1) is 12.3. The number of aromatic nitrogens is 2. The monoisotopic (exact) mass is 333 g/mol. The van der Waals surface area contributed by atoms with E-state index in [1.54, 1.807) is 0 Å². The summed E-state index contributed by atoms with van der Waals surface area (Å²) in [7, 11) is 0. The lowest BCUT2D eigenvalue weighted by Gasteiger charge is -2.10. The summed E-state index contributed by atoms with van der Waals surface area (Å²) in [6.45, 7) is 3.17. The molecule has 5 nitrogen and oxygen atoms in total. The van der Waals surface area contributed by atoms with Crippen molar-refractivity contribution >= 4 is 11.0 Å². The van der Waals surface area contributed by atoms with Crippen LogP contribution in [0, 0.1) is 11.3 Å². The standard InChI is InChI=1S/C20H19N3O2/c1-2-3-4-20-22-16-9-18-19(25-13-24-18)10-17(16)23(20)12-15-7-5-14(11-21)6-8-15/h5-10H,2-4,12-13H2,1H3. The van der Waals surface area contributed by atoms with Crippen molar-refractivity contribution in [2.45, 2.75) is 32.7 Å². The van der Waals surface area contributed by atoms with Gasteiger partial charge < -0.3 is 14.0 Å². The number of imidazole rings is 1. The zero-order chi connectivity index (χ0) is 17.2. The maximum absolute atomic E-state index is 8.97. The minimum atomic E-state index is 0.264. The number of rotatable bonds is 5. The summed E-state index contributed by atoms with van der Waals surface area (Å²) in [6.07, 6.45) is 3.17. The number of benzene rings is 2. The van der Waals surface area contributed by atoms with E-state index in [1.807, 2.05) is 36.4 Å². The minimum Gasteiger partial charge on any atom is -0.454 e. The Morgan fingerprint density at radius 3 is 2.64 bits per heavy atom. The van der Waals surface area contributed by atoms with Crippen molar-refractivity contribution in [3.05, 3.63) is 53.3 Å². The molecule has 0 radical (unpaired) electrons. The van der Waals surface area contributed by atoms with Crippen molar-refractivity contribution in [2.75, 3.05) is 6.79 Å². The second kappa shape index (κ2) is 6.48. The average Bonchev–Trinajstić information content (AvgIpc) is 3.23. The highest BCUT2D eigenvalue weighted by molar-refractivity contribution is 5.81. The molecule has 0 saturated heterocycles. The van der Waals surface area contributed by atoms with Crippen molar-refractivity contribution in [3.63, 3.8) is 0 Å². The lowest BCUT2D eigenvalue weighted by Crippen LogP contribution is -2.05. The van der Waals surface area contributed by atoms with Crippen LogP contribution in [0.4, 0.5) is 0 Å². The van der Waals surface area contributed by atoms with E-state index in [1.165, 1.54) is 0 Å². The van der Waals surface area contributed by atoms with Gasteiger partial charge in [0.05, 0.1) is 22.7 Å². The highest BCUT2D eigenvalue weighted by Crippen LogP contribution is 2.36. The second-order valence-electron chi connectivity index (χ2n) is 6.22. The number of hydrogen-bond donors (Lipinski definition) is 0. The van der Waals surface area contributed by atoms with E-state index in [4.69, 9.17) is 19.7 Å². The molecule has 0 aliphatic carbocycles. The largest absolute Gasteiger partial charge is 0.454 e. The molecule has 0 bridgehead atoms. The van der Waals surface area contributed by atoms with Crippen LogP contribution in [-0.2, 0) is 13.0 Å². The Labute approximate surface area is 146 Å². The Bertz CT molecular complexity index is 952. The second-order valence-corrected chi connectivity index (χ2v) is 6.22. The van der Waals surface area contributed by atoms with E-state index in [0.29, 0.717) is 5.56 Å². The molecule has 4 rings (SSSR count). The van der Waals surface area contributed by atoms with Crippen molar-refractivity contribution in [2.24, 2.45) is 0 Å². The summed E-state index contributed by atoms with van der Waals surface area (Å²) in [4.78, 5) is 4.83. The lowest BCUT2D eigenvalue weighted by atomic mass is 10.1. The molecule has 0 atom stereocenters. The minimum absolute atomic E-state index is 0.264. The molecule has 0 unspecified atom stereocenters. The Kier molecular flexibility index (Phi) is 4.02. The van der Waals surface area contributed by atoms with Gasteiger partial charge in [-0.05, 0) is 24.1 Å². The summed E-state index contributed by atoms with van der Waals surface area (Å²) in [5.41, 5.74) is 3.81. The maximum atomic E-state index is 8.97. The van der Waals surface area contributed by atoms with E-state index in [0.717, 1.165) is 59.7 Å². The van der Waals surface area contributed by atoms with Gasteiger partial charge >= 0.3 is 0 Å². The SMILES string of the molecule is CCCCc1nc2cc3c(cc2n1Cc1ccc(C#N)cc1)OCO3. The van der Waals surface area contributed by atoms with Gasteiger partial charge in [0.2, 0.25) is 6.79 Å². The van der Waals surface area contributed by atoms with E-state index in [9.17, 15) is 0 Å². The number of hydrogen-bond acceptors (Lipinski definition) is 4. The molecule has 1 aliphatic heterocycles. The van der Waals surface area contributed by atoms with Crippen molar-refractivity contribution < 1.29 is 9.47 Å². The maximum Gasteiger partial charge on any atom is 0.231 e. The molecule has 0 amide bonds. The molecule has 2 heterocycles. The van der Waals surface area contributed by atoms with Crippen LogP contribution in [0.2, 0.25) is 0 Å². The van der Waals surface area contributed by atoms with Crippen LogP contribution in [0.3, 0.4) is 0 Å². The Morgan fingerprint density at radius 1 is 1.16 bits per heavy atom. The predicted octanol–water partition coefficient (Wildman–Crippen LogP) is 4.03. The highest BCUT2D eigenvalue weighted by atomic mass is 16.7. The molecule has 1 aromatic heterocycles. The molecule has 0 saturated carbocycles. The van der Waals surface area contributed by atoms with E-state index < -0.39 is 0 Å². The number of unbranched alkanes of at least 4 members (excludes halogenated alkanes) is 1. The molecule has 3 aromatic rings. The van der Waals surface area contributed by atoms with Gasteiger partial charge in [0.25, 0.3) is 0 Å². The number of aryl methyl sites for hydroxylation is 1. The third-order valence-electron chi connectivity index (χ3n) is 4.50. The zero-order valence-corrected chi connectivity index (χ0v) is 14.2. The van der Waals surface area contributed by atoms with Crippen molar-refractivity contribution in [1.29, 1.82) is 5.26 Å². The first-order valence-electron chi connectivity index (χ1n) is 8.56. The molecule has 25 heavy (non-hydrogen) atoms. The van der Waals surface area contributed by atoms with Crippen LogP contribution in [-0.4, -0.2) is 16.3 Å². The Balaban J connectivity index is 1.76. The van der Waals surface area contributed by atoms with E-state index in [2.05, 4.69) is 17.6 Å². The third-order valence-corrected chi connectivity index (χ3v) is 4.50. The Morgan fingerprint density at radius 2 is 1.92 bits per heavy atom. The van der Waals surface area contributed by atoms with Gasteiger partial charge in [0, 0.05) is 25.1 Å². The van der Waals surface area contributed by atoms with Gasteiger partial charge in [-0.3, -0.25) is 0 Å². The van der Waals surface area contributed by atoms with Gasteiger partial charge in [-0.1, -0.05) is 25.5 Å². The topological polar surface area (TPSA) is 60.1 Å². The zero-order valence-electron chi connectivity index (χ0n) is 14.2. The fraction of sp³-hybridized carbons (Fsp3) is 0.300. The highest BCUT2D eigenvalue weighted by Gasteiger charge is 2.19. The molecule has 0 spiro atoms. The van der Waals surface area contributed by atoms with Crippen molar-refractivity contribution in [1.82, 2.24) is 9.55 Å². The fourth-order valence-corrected chi connectivity index (χ4v) is 3.13. The van der Waals surface area contributed by atoms with Crippen LogP contribution in [0.5, 0.6) is 11.5 Å². The van der Waals surface area contributed by atoms with E-state index >= 15 is 0 Å². The van der Waals surface area contributed by atoms with Crippen LogP contribution >= 0.6 is 0 Å². The number of nitriles is 1. The molecule has 126 valence electrons. The summed E-state index contributed by atoms with van der Waals surface area (Å²) in [5, 5.41) is 8.97. The van der Waals surface area contributed by atoms with Crippen LogP contribution in [0.25, 0.3) is 11.0 Å². The normalized spacial score (nSPS) is 12.5. The first kappa shape index (κ1) is 15.5. The summed E-state index contributed by atoms with van der Waals surface area (Å²) >= 11 is 0. The summed E-state index contributed by atoms with van der Waals surface area (Å²) in [6, 6.07) is 13.9. The lowest BCUT2D eigenvalue weighted by molar-refractivity contribution is 0.174. The molecule has 5 heteroatoms. The molecular weight excluding hydrogens is 314 g/mol. The number of fused-ring (bicyclic) bond motifs is 2. The fourth-order valence-electron chi connectivity index (χ4n) is 3.13. The Hall–Kier alpha value is -3.00. The van der Waals surface area contributed by atoms with Crippen molar-refractivity contribution in [3.8, 4) is 17.6 Å². The summed E-state index contributed by atoms with van der Waals surface area (Å²) < 4.78 is 13.3. The summed E-state index contributed by atoms with van der Waals surface area (Å²) in [5.74, 6) is 2.61. The first-order valence-corrected chi connectivity index (χ1v) is 8.56. The van der Waals surface area contributed by atoms with Gasteiger partial charge in [0.1, 0.15) is 5.82 Å². The van der Waals surface area contributed by atoms with E-state index in [-0.39, 0.29) is 6.79 Å². The van der Waals surface area contributed by atoms with Gasteiger partial charge in [0.15, 0.2) is 11.5 Å². The smallest absolute Gasteiger partial charge is 0.231 e. The molecule has 2 aromatic carbocycles. The molecule has 1 aliphatic rings. The number of ether oxygens (including phenoxy) is 2. The molecule has 0 fully saturated rings. The molecular formula is C20H19N3O2. The average molecular weight is 333 g/mol. The van der Waals surface area contributed by atoms with Crippen LogP contribution in [0.1, 0.15) is 36.7 Å². The number of nitrogens with zero attached hydrogens (tertiary/aromatic N) is 3. The van der Waals surface area contributed by atoms with Crippen LogP contribution < -0.4 is 9.47 Å². The van der Waals surface area contributed by atoms with Crippen LogP contribution in [0.15, 0.2) is 36.4 Å².